The maximum atomic E-state index is 15.1. The summed E-state index contributed by atoms with van der Waals surface area (Å²) >= 11 is 6.15. The molecule has 2 saturated carbocycles. The molecule has 11 heteroatoms. The number of benzene rings is 1. The lowest BCUT2D eigenvalue weighted by Crippen LogP contribution is -2.51. The van der Waals surface area contributed by atoms with E-state index in [1.807, 2.05) is 36.0 Å². The first-order chi connectivity index (χ1) is 26.8. The number of nitrogens with zero attached hydrogens (tertiary/aromatic N) is 2. The van der Waals surface area contributed by atoms with E-state index in [1.54, 1.807) is 13.2 Å². The molecule has 314 valence electrons. The number of piperidine rings is 2. The van der Waals surface area contributed by atoms with Gasteiger partial charge in [0.15, 0.2) is 0 Å². The molecule has 2 aliphatic carbocycles. The number of likely N-dealkylation sites (tertiary alicyclic amines) is 2. The molecule has 2 saturated heterocycles. The number of unbranched alkanes of at least 4 members (excludes halogenated alkanes) is 1. The maximum Gasteiger partial charge on any atom is 0.317 e. The second-order valence-corrected chi connectivity index (χ2v) is 17.4. The van der Waals surface area contributed by atoms with Gasteiger partial charge in [-0.25, -0.2) is 14.0 Å². The van der Waals surface area contributed by atoms with Crippen molar-refractivity contribution >= 4 is 23.7 Å². The summed E-state index contributed by atoms with van der Waals surface area (Å²) in [5.74, 6) is 1.46. The van der Waals surface area contributed by atoms with Gasteiger partial charge < -0.3 is 35.8 Å². The summed E-state index contributed by atoms with van der Waals surface area (Å²) in [6.45, 7) is 5.65. The number of carbonyl (C=O) groups is 2. The van der Waals surface area contributed by atoms with Crippen LogP contribution < -0.4 is 21.3 Å². The molecule has 4 fully saturated rings. The van der Waals surface area contributed by atoms with Crippen molar-refractivity contribution in [2.45, 2.75) is 146 Å². The lowest BCUT2D eigenvalue weighted by atomic mass is 9.78. The number of urea groups is 2. The van der Waals surface area contributed by atoms with Crippen LogP contribution in [0.2, 0.25) is 5.02 Å². The molecule has 55 heavy (non-hydrogen) atoms. The van der Waals surface area contributed by atoms with Crippen molar-refractivity contribution in [1.29, 1.82) is 0 Å². The highest BCUT2D eigenvalue weighted by molar-refractivity contribution is 6.30. The molecule has 0 bridgehead atoms. The molecule has 0 aromatic heterocycles. The first-order valence-corrected chi connectivity index (χ1v) is 22.5. The van der Waals surface area contributed by atoms with Crippen LogP contribution in [0.1, 0.15) is 140 Å². The Labute approximate surface area is 338 Å². The molecular weight excluding hydrogens is 715 g/mol. The zero-order valence-corrected chi connectivity index (χ0v) is 35.4. The summed E-state index contributed by atoms with van der Waals surface area (Å²) < 4.78 is 20.3. The minimum absolute atomic E-state index is 0.0236. The van der Waals surface area contributed by atoms with Crippen LogP contribution in [0.15, 0.2) is 18.2 Å². The highest BCUT2D eigenvalue weighted by Crippen LogP contribution is 2.38. The predicted molar refractivity (Wildman–Crippen MR) is 224 cm³/mol. The lowest BCUT2D eigenvalue weighted by molar-refractivity contribution is 0.146. The van der Waals surface area contributed by atoms with Crippen LogP contribution in [-0.4, -0.2) is 101 Å². The fraction of sp³-hybridized carbons (Fsp3) is 0.818. The molecule has 5 rings (SSSR count). The van der Waals surface area contributed by atoms with Gasteiger partial charge in [-0.1, -0.05) is 94.4 Å². The monoisotopic (exact) mass is 791 g/mol. The van der Waals surface area contributed by atoms with Crippen LogP contribution in [0.4, 0.5) is 14.0 Å². The Morgan fingerprint density at radius 1 is 0.764 bits per heavy atom. The third-order valence-electron chi connectivity index (χ3n) is 12.7. The number of carbonyl (C=O) groups excluding carboxylic acids is 2. The molecule has 0 spiro atoms. The van der Waals surface area contributed by atoms with Gasteiger partial charge in [0.05, 0.1) is 5.02 Å². The summed E-state index contributed by atoms with van der Waals surface area (Å²) in [6.07, 6.45) is 23.8. The fourth-order valence-electron chi connectivity index (χ4n) is 9.74. The van der Waals surface area contributed by atoms with Gasteiger partial charge in [0.1, 0.15) is 5.82 Å². The van der Waals surface area contributed by atoms with Gasteiger partial charge in [0.25, 0.3) is 0 Å². The van der Waals surface area contributed by atoms with Crippen molar-refractivity contribution in [3.05, 3.63) is 34.6 Å². The van der Waals surface area contributed by atoms with E-state index in [2.05, 4.69) is 21.3 Å². The number of hydrogen-bond donors (Lipinski definition) is 4. The first kappa shape index (κ1) is 45.6. The third kappa shape index (κ3) is 16.0. The second kappa shape index (κ2) is 26.0. The smallest absolute Gasteiger partial charge is 0.317 e. The van der Waals surface area contributed by atoms with E-state index < -0.39 is 0 Å². The Morgan fingerprint density at radius 3 is 1.87 bits per heavy atom. The van der Waals surface area contributed by atoms with E-state index >= 15 is 4.39 Å². The van der Waals surface area contributed by atoms with Crippen LogP contribution in [-0.2, 0) is 4.74 Å². The molecule has 1 aromatic rings. The summed E-state index contributed by atoms with van der Waals surface area (Å²) in [6, 6.07) is 5.93. The number of methoxy groups -OCH3 is 1. The van der Waals surface area contributed by atoms with Crippen molar-refractivity contribution in [1.82, 2.24) is 31.1 Å². The molecule has 2 heterocycles. The molecule has 4 atom stereocenters. The van der Waals surface area contributed by atoms with Gasteiger partial charge in [0.2, 0.25) is 0 Å². The minimum atomic E-state index is -0.311. The van der Waals surface area contributed by atoms with E-state index in [1.165, 1.54) is 70.6 Å². The summed E-state index contributed by atoms with van der Waals surface area (Å²) in [5.41, 5.74) is 0.688. The van der Waals surface area contributed by atoms with Crippen molar-refractivity contribution in [3.63, 3.8) is 0 Å². The zero-order chi connectivity index (χ0) is 39.3. The Bertz CT molecular complexity index is 1230. The molecule has 0 radical (unpaired) electrons. The number of halogens is 2. The number of nitrogens with one attached hydrogen (secondary N) is 4. The molecular formula is C44H76ClFN6O3. The van der Waals surface area contributed by atoms with Crippen molar-refractivity contribution < 1.29 is 18.7 Å². The topological polar surface area (TPSA) is 98.0 Å². The summed E-state index contributed by atoms with van der Waals surface area (Å²) in [7, 11) is 5.63. The second-order valence-electron chi connectivity index (χ2n) is 17.0. The van der Waals surface area contributed by atoms with Crippen molar-refractivity contribution in [3.8, 4) is 0 Å². The molecule has 1 unspecified atom stereocenters. The Balaban J connectivity index is 0.000000284. The largest absolute Gasteiger partial charge is 0.385 e. The van der Waals surface area contributed by atoms with E-state index in [-0.39, 0.29) is 46.8 Å². The SMILES string of the molecule is CNC[C@H](CC1CCCCC1)NC(=O)N1CCCCC1.CNC[C@H](CC1CCCCC1)NC(=O)N1CCC[C@@H](C(CCCCOC)c2cccc(Cl)c2F)C1. The van der Waals surface area contributed by atoms with Gasteiger partial charge in [-0.3, -0.25) is 0 Å². The quantitative estimate of drug-likeness (QED) is 0.118. The first-order valence-electron chi connectivity index (χ1n) is 22.2. The molecule has 4 N–H and O–H groups in total. The highest BCUT2D eigenvalue weighted by atomic mass is 35.5. The Hall–Kier alpha value is -2.14. The van der Waals surface area contributed by atoms with Gasteiger partial charge in [0, 0.05) is 65.1 Å². The predicted octanol–water partition coefficient (Wildman–Crippen LogP) is 9.10. The standard InChI is InChI=1S/C28H45ClFN3O2.C16H31N3O/c1-31-19-23(18-21-10-4-3-5-11-21)32-28(34)33-16-9-12-22(20-33)24(13-6-7-17-35-2)25-14-8-15-26(29)27(25)30;1-17-13-15(12-14-8-4-2-5-9-14)18-16(20)19-10-6-3-7-11-19/h8,14-15,21-24,31H,3-7,9-13,16-20H2,1-2H3,(H,32,34);14-15,17H,2-13H2,1H3,(H,18,20)/t22-,23+,24?;15-/m10/s1. The maximum absolute atomic E-state index is 15.1. The van der Waals surface area contributed by atoms with Crippen molar-refractivity contribution in [2.75, 3.05) is 67.1 Å². The molecule has 4 aliphatic rings. The van der Waals surface area contributed by atoms with E-state index in [0.29, 0.717) is 24.6 Å². The molecule has 9 nitrogen and oxygen atoms in total. The zero-order valence-electron chi connectivity index (χ0n) is 34.7. The number of hydrogen-bond acceptors (Lipinski definition) is 5. The van der Waals surface area contributed by atoms with Gasteiger partial charge in [-0.05, 0) is 107 Å². The van der Waals surface area contributed by atoms with E-state index in [9.17, 15) is 9.59 Å². The number of amides is 4. The Kier molecular flexibility index (Phi) is 21.5. The van der Waals surface area contributed by atoms with E-state index in [0.717, 1.165) is 96.4 Å². The molecule has 2 aliphatic heterocycles. The van der Waals surface area contributed by atoms with Crippen LogP contribution in [0.5, 0.6) is 0 Å². The van der Waals surface area contributed by atoms with Gasteiger partial charge >= 0.3 is 12.1 Å². The van der Waals surface area contributed by atoms with Crippen molar-refractivity contribution in [2.24, 2.45) is 17.8 Å². The lowest BCUT2D eigenvalue weighted by Gasteiger charge is -2.38. The number of likely N-dealkylation sites (N-methyl/N-ethyl adjacent to an activating group) is 2. The summed E-state index contributed by atoms with van der Waals surface area (Å²) in [5, 5.41) is 13.3. The fourth-order valence-corrected chi connectivity index (χ4v) is 9.93. The van der Waals surface area contributed by atoms with Gasteiger partial charge in [-0.2, -0.15) is 0 Å². The van der Waals surface area contributed by atoms with E-state index in [4.69, 9.17) is 16.3 Å². The van der Waals surface area contributed by atoms with Crippen LogP contribution in [0, 0.1) is 23.6 Å². The normalized spacial score (nSPS) is 21.6. The average molecular weight is 792 g/mol. The van der Waals surface area contributed by atoms with Crippen LogP contribution in [0.25, 0.3) is 0 Å². The average Bonchev–Trinajstić information content (AvgIpc) is 3.21. The van der Waals surface area contributed by atoms with Gasteiger partial charge in [-0.15, -0.1) is 0 Å². The minimum Gasteiger partial charge on any atom is -0.385 e. The third-order valence-corrected chi connectivity index (χ3v) is 13.0. The highest BCUT2D eigenvalue weighted by Gasteiger charge is 2.33. The van der Waals surface area contributed by atoms with Crippen LogP contribution in [0.3, 0.4) is 0 Å². The summed E-state index contributed by atoms with van der Waals surface area (Å²) in [4.78, 5) is 29.6. The molecule has 4 amide bonds. The Morgan fingerprint density at radius 2 is 1.31 bits per heavy atom. The molecule has 1 aromatic carbocycles. The number of ether oxygens (including phenoxy) is 1. The van der Waals surface area contributed by atoms with Crippen LogP contribution >= 0.6 is 11.6 Å². The number of rotatable bonds is 17.